The number of rotatable bonds is 17. The molecule has 26 nitrogen and oxygen atoms in total. The van der Waals surface area contributed by atoms with Crippen LogP contribution in [-0.2, 0) is 62.4 Å². The molecule has 430 valence electrons. The lowest BCUT2D eigenvalue weighted by Gasteiger charge is -2.33. The van der Waals surface area contributed by atoms with Crippen LogP contribution in [0, 0.1) is 0 Å². The van der Waals surface area contributed by atoms with Crippen LogP contribution < -0.4 is 59.7 Å². The number of hydrogen-bond acceptors (Lipinski definition) is 14. The molecule has 2 fully saturated rings. The Kier molecular flexibility index (Phi) is 21.9. The molecule has 2 aromatic carbocycles. The summed E-state index contributed by atoms with van der Waals surface area (Å²) < 4.78 is -1.29. The number of guanidine groups is 1. The van der Waals surface area contributed by atoms with E-state index in [9.17, 15) is 47.9 Å². The van der Waals surface area contributed by atoms with Crippen molar-refractivity contribution in [1.82, 2.24) is 62.4 Å². The predicted octanol–water partition coefficient (Wildman–Crippen LogP) is -0.845. The highest BCUT2D eigenvalue weighted by atomic mass is 33.1. The predicted molar refractivity (Wildman–Crippen MR) is 300 cm³/mol. The number of imidazole rings is 1. The number of benzene rings is 2. The first-order valence-corrected chi connectivity index (χ1v) is 28.4. The standard InChI is InChI=1S/C52H70N16O10S2/c1-5-6-16-35-49(77)68(51(78)66-35)25-40(69)61-39-26-79-80-52(3,4)41(42(53)70)67-47(75)37(21-30-23-58-33-17-11-10-15-32(30)33)65-44(72)34(18-12-19-57-50(54)55)62-45(73)36(20-29-13-8-7-9-14-29)64-46(74)38(22-31-24-56-27-59-31)63-43(71)28(2)60-48(39)76/h7-11,13-15,17,23-24,27-28,34-39,41,58H,5-6,12,16,18-22,25-26H2,1-4H3,(H2,53,70)(H,56,59)(H,60,76)(H,61,69)(H,62,73)(H,63,71)(H,64,74)(H,65,72)(H,66,78)(H,67,75)(H4,54,55,57)/t28-,34+,35+,36-,37+,38+,39+,41-/m1/s1. The topological polar surface area (TPSA) is 405 Å². The van der Waals surface area contributed by atoms with Gasteiger partial charge in [0.15, 0.2) is 5.96 Å². The molecular weight excluding hydrogens is 1070 g/mol. The maximum atomic E-state index is 14.8. The molecule has 4 aromatic rings. The molecule has 2 saturated heterocycles. The van der Waals surface area contributed by atoms with E-state index in [0.717, 1.165) is 43.8 Å². The van der Waals surface area contributed by atoms with Crippen molar-refractivity contribution in [3.8, 4) is 0 Å². The average Bonchev–Trinajstić information content (AvgIpc) is 4.19. The summed E-state index contributed by atoms with van der Waals surface area (Å²) >= 11 is 0. The van der Waals surface area contributed by atoms with Crippen molar-refractivity contribution in [1.29, 1.82) is 0 Å². The van der Waals surface area contributed by atoms with E-state index in [0.29, 0.717) is 29.7 Å². The minimum absolute atomic E-state index is 0.0509. The van der Waals surface area contributed by atoms with Crippen LogP contribution in [-0.4, -0.2) is 157 Å². The van der Waals surface area contributed by atoms with Gasteiger partial charge in [0, 0.05) is 65.3 Å². The van der Waals surface area contributed by atoms with Crippen LogP contribution in [0.1, 0.15) is 76.6 Å². The number of urea groups is 1. The van der Waals surface area contributed by atoms with Crippen LogP contribution in [0.15, 0.2) is 78.3 Å². The summed E-state index contributed by atoms with van der Waals surface area (Å²) in [4.78, 5) is 155. The Morgan fingerprint density at radius 1 is 0.725 bits per heavy atom. The van der Waals surface area contributed by atoms with Crippen LogP contribution in [0.25, 0.3) is 10.9 Å². The number of H-pyrrole nitrogens is 2. The third kappa shape index (κ3) is 17.2. The number of para-hydroxylation sites is 1. The van der Waals surface area contributed by atoms with E-state index < -0.39 is 119 Å². The number of nitrogens with two attached hydrogens (primary N) is 3. The number of amides is 11. The Morgan fingerprint density at radius 3 is 2.02 bits per heavy atom. The smallest absolute Gasteiger partial charge is 0.325 e. The lowest BCUT2D eigenvalue weighted by molar-refractivity contribution is -0.135. The highest BCUT2D eigenvalue weighted by molar-refractivity contribution is 8.77. The fraction of sp³-hybridized carbons (Fsp3) is 0.462. The molecule has 28 heteroatoms. The summed E-state index contributed by atoms with van der Waals surface area (Å²) in [7, 11) is 2.01. The number of primary amides is 1. The van der Waals surface area contributed by atoms with Crippen molar-refractivity contribution in [2.24, 2.45) is 22.2 Å². The van der Waals surface area contributed by atoms with Crippen molar-refractivity contribution >= 4 is 97.6 Å². The lowest BCUT2D eigenvalue weighted by Crippen LogP contribution is -2.61. The van der Waals surface area contributed by atoms with Gasteiger partial charge in [0.2, 0.25) is 47.3 Å². The van der Waals surface area contributed by atoms with Gasteiger partial charge in [-0.05, 0) is 57.2 Å². The van der Waals surface area contributed by atoms with Gasteiger partial charge in [-0.2, -0.15) is 0 Å². The van der Waals surface area contributed by atoms with E-state index in [1.165, 1.54) is 19.4 Å². The molecule has 2 aliphatic rings. The molecule has 80 heavy (non-hydrogen) atoms. The van der Waals surface area contributed by atoms with E-state index in [-0.39, 0.29) is 50.4 Å². The van der Waals surface area contributed by atoms with Crippen LogP contribution in [0.3, 0.4) is 0 Å². The average molecular weight is 1140 g/mol. The van der Waals surface area contributed by atoms with Crippen LogP contribution in [0.5, 0.6) is 0 Å². The number of hydrogen-bond donors (Lipinski definition) is 13. The summed E-state index contributed by atoms with van der Waals surface area (Å²) in [5.41, 5.74) is 19.6. The molecule has 0 aliphatic carbocycles. The van der Waals surface area contributed by atoms with Gasteiger partial charge in [0.1, 0.15) is 54.9 Å². The Morgan fingerprint density at radius 2 is 1.35 bits per heavy atom. The van der Waals surface area contributed by atoms with Crippen molar-refractivity contribution < 1.29 is 47.9 Å². The van der Waals surface area contributed by atoms with Gasteiger partial charge in [0.25, 0.3) is 5.91 Å². The number of carbonyl (C=O) groups is 10. The van der Waals surface area contributed by atoms with Crippen LogP contribution in [0.2, 0.25) is 0 Å². The van der Waals surface area contributed by atoms with Gasteiger partial charge >= 0.3 is 6.03 Å². The SMILES string of the molecule is CCCC[C@@H]1NC(=O)N(CC(=O)N[C@H]2CSSC(C)(C)[C@@H](C(N)=O)NC(=O)[C@H](Cc3c[nH]c4ccccc34)NC(=O)[C@H](CCCN=C(N)N)NC(=O)[C@@H](Cc3ccccc3)NC(=O)[C@H](Cc3cnc[nH]3)NC(=O)[C@@H](C)NC2=O)C1=O. The maximum Gasteiger partial charge on any atom is 0.325 e. The molecule has 0 spiro atoms. The van der Waals surface area contributed by atoms with Gasteiger partial charge in [-0.3, -0.25) is 53.0 Å². The number of imide groups is 1. The molecule has 0 unspecified atom stereocenters. The van der Waals surface area contributed by atoms with Gasteiger partial charge < -0.3 is 69.7 Å². The van der Waals surface area contributed by atoms with E-state index in [2.05, 4.69) is 62.5 Å². The second-order valence-electron chi connectivity index (χ2n) is 20.0. The van der Waals surface area contributed by atoms with E-state index >= 15 is 0 Å². The Balaban J connectivity index is 1.38. The highest BCUT2D eigenvalue weighted by Crippen LogP contribution is 2.38. The third-order valence-electron chi connectivity index (χ3n) is 13.3. The lowest BCUT2D eigenvalue weighted by atomic mass is 9.99. The number of aromatic amines is 2. The maximum absolute atomic E-state index is 14.8. The Bertz CT molecular complexity index is 2900. The molecule has 11 amide bonds. The van der Waals surface area contributed by atoms with Gasteiger partial charge in [-0.1, -0.05) is 89.9 Å². The monoisotopic (exact) mass is 1140 g/mol. The third-order valence-corrected chi connectivity index (χ3v) is 16.6. The van der Waals surface area contributed by atoms with Crippen LogP contribution in [0.4, 0.5) is 4.79 Å². The zero-order valence-corrected chi connectivity index (χ0v) is 46.4. The molecule has 0 radical (unpaired) electrons. The summed E-state index contributed by atoms with van der Waals surface area (Å²) in [6, 6.07) is 4.44. The number of aliphatic imine (C=N–C) groups is 1. The quantitative estimate of drug-likeness (QED) is 0.0202. The summed E-state index contributed by atoms with van der Waals surface area (Å²) in [5, 5.41) is 22.2. The largest absolute Gasteiger partial charge is 0.370 e. The second kappa shape index (κ2) is 28.7. The molecule has 2 aliphatic heterocycles. The molecule has 6 rings (SSSR count). The zero-order chi connectivity index (χ0) is 58.1. The van der Waals surface area contributed by atoms with E-state index in [1.54, 1.807) is 56.4 Å². The molecule has 4 heterocycles. The molecule has 8 atom stereocenters. The molecular formula is C52H70N16O10S2. The molecule has 0 saturated carbocycles. The van der Waals surface area contributed by atoms with Crippen molar-refractivity contribution in [3.63, 3.8) is 0 Å². The molecule has 0 bridgehead atoms. The fourth-order valence-corrected chi connectivity index (χ4v) is 11.7. The van der Waals surface area contributed by atoms with Gasteiger partial charge in [-0.25, -0.2) is 9.78 Å². The zero-order valence-electron chi connectivity index (χ0n) is 44.8. The highest BCUT2D eigenvalue weighted by Gasteiger charge is 2.42. The minimum atomic E-state index is -1.46. The van der Waals surface area contributed by atoms with Crippen molar-refractivity contribution in [2.45, 2.75) is 132 Å². The first-order chi connectivity index (χ1) is 38.1. The number of nitrogens with one attached hydrogen (secondary N) is 10. The fourth-order valence-electron chi connectivity index (χ4n) is 8.91. The summed E-state index contributed by atoms with van der Waals surface area (Å²) in [6.45, 7) is 5.77. The normalized spacial score (nSPS) is 23.8. The molecule has 16 N–H and O–H groups in total. The first-order valence-electron chi connectivity index (χ1n) is 26.1. The number of carbonyl (C=O) groups excluding carboxylic acids is 10. The van der Waals surface area contributed by atoms with Crippen molar-refractivity contribution in [2.75, 3.05) is 18.8 Å². The number of nitrogens with zero attached hydrogens (tertiary/aromatic N) is 3. The van der Waals surface area contributed by atoms with E-state index in [4.69, 9.17) is 17.2 Å². The van der Waals surface area contributed by atoms with Gasteiger partial charge in [-0.15, -0.1) is 0 Å². The number of aromatic nitrogens is 3. The minimum Gasteiger partial charge on any atom is -0.370 e. The summed E-state index contributed by atoms with van der Waals surface area (Å²) in [6.07, 6.45) is 5.92. The molecule has 2 aromatic heterocycles. The Labute approximate surface area is 469 Å². The van der Waals surface area contributed by atoms with Crippen LogP contribution >= 0.6 is 21.6 Å². The second-order valence-corrected chi connectivity index (χ2v) is 23.0. The van der Waals surface area contributed by atoms with Gasteiger partial charge in [0.05, 0.1) is 6.33 Å². The summed E-state index contributed by atoms with van der Waals surface area (Å²) in [5.74, 6) is -7.98. The first kappa shape index (κ1) is 61.1. The number of fused-ring (bicyclic) bond motifs is 1. The van der Waals surface area contributed by atoms with Crippen molar-refractivity contribution in [3.05, 3.63) is 90.1 Å². The van der Waals surface area contributed by atoms with E-state index in [1.807, 2.05) is 25.1 Å². The number of unbranched alkanes of at least 4 members (excludes halogenated alkanes) is 1. The Hall–Kier alpha value is -8.14.